The van der Waals surface area contributed by atoms with Crippen molar-refractivity contribution in [3.8, 4) is 0 Å². The first-order chi connectivity index (χ1) is 11.8. The van der Waals surface area contributed by atoms with Crippen LogP contribution in [0.25, 0.3) is 0 Å². The van der Waals surface area contributed by atoms with E-state index >= 15 is 0 Å². The molecule has 2 rings (SSSR count). The smallest absolute Gasteiger partial charge is 0.338 e. The summed E-state index contributed by atoms with van der Waals surface area (Å²) in [6.07, 6.45) is 0. The van der Waals surface area contributed by atoms with Crippen LogP contribution in [0, 0.1) is 12.7 Å². The van der Waals surface area contributed by atoms with Crippen molar-refractivity contribution < 1.29 is 18.7 Å². The molecule has 0 aromatic heterocycles. The lowest BCUT2D eigenvalue weighted by molar-refractivity contribution is -0.124. The molecule has 2 aromatic carbocycles. The molecule has 0 unspecified atom stereocenters. The van der Waals surface area contributed by atoms with E-state index in [0.717, 1.165) is 11.6 Å². The van der Waals surface area contributed by atoms with Crippen molar-refractivity contribution in [3.63, 3.8) is 0 Å². The normalized spacial score (nSPS) is 11.7. The van der Waals surface area contributed by atoms with Gasteiger partial charge in [-0.1, -0.05) is 35.3 Å². The zero-order valence-corrected chi connectivity index (χ0v) is 15.1. The van der Waals surface area contributed by atoms with E-state index in [9.17, 15) is 14.0 Å². The van der Waals surface area contributed by atoms with Crippen LogP contribution in [0.5, 0.6) is 0 Å². The fourth-order valence-corrected chi connectivity index (χ4v) is 2.39. The molecule has 0 fully saturated rings. The lowest BCUT2D eigenvalue weighted by Crippen LogP contribution is -2.31. The van der Waals surface area contributed by atoms with Gasteiger partial charge in [0, 0.05) is 0 Å². The fraction of sp³-hybridized carbons (Fsp3) is 0.222. The summed E-state index contributed by atoms with van der Waals surface area (Å²) < 4.78 is 18.4. The molecule has 1 N–H and O–H groups in total. The molecule has 1 amide bonds. The van der Waals surface area contributed by atoms with Gasteiger partial charge in [-0.3, -0.25) is 4.79 Å². The summed E-state index contributed by atoms with van der Waals surface area (Å²) in [5.74, 6) is -1.76. The number of rotatable bonds is 5. The number of ether oxygens (including phenoxy) is 1. The SMILES string of the molecule is Cc1ccc(C(=O)OCC(=O)N[C@H](C)c2ccc(Cl)c(Cl)c2)cc1F. The highest BCUT2D eigenvalue weighted by Gasteiger charge is 2.14. The predicted molar refractivity (Wildman–Crippen MR) is 94.4 cm³/mol. The van der Waals surface area contributed by atoms with Gasteiger partial charge >= 0.3 is 5.97 Å². The monoisotopic (exact) mass is 383 g/mol. The van der Waals surface area contributed by atoms with Gasteiger partial charge in [0.15, 0.2) is 6.61 Å². The van der Waals surface area contributed by atoms with Gasteiger partial charge in [-0.15, -0.1) is 0 Å². The Bertz CT molecular complexity index is 811. The second kappa shape index (κ2) is 8.32. The fourth-order valence-electron chi connectivity index (χ4n) is 2.08. The molecule has 0 aliphatic rings. The van der Waals surface area contributed by atoms with E-state index in [0.29, 0.717) is 15.6 Å². The van der Waals surface area contributed by atoms with E-state index in [1.54, 1.807) is 32.0 Å². The summed E-state index contributed by atoms with van der Waals surface area (Å²) in [4.78, 5) is 23.8. The third kappa shape index (κ3) is 5.18. The Morgan fingerprint density at radius 2 is 1.88 bits per heavy atom. The second-order valence-electron chi connectivity index (χ2n) is 5.50. The number of amides is 1. The zero-order valence-electron chi connectivity index (χ0n) is 13.6. The van der Waals surface area contributed by atoms with Crippen molar-refractivity contribution in [3.05, 3.63) is 69.0 Å². The molecule has 2 aromatic rings. The Labute approximate surface area is 154 Å². The topological polar surface area (TPSA) is 55.4 Å². The van der Waals surface area contributed by atoms with Crippen LogP contribution in [0.3, 0.4) is 0 Å². The molecular formula is C18H16Cl2FNO3. The average Bonchev–Trinajstić information content (AvgIpc) is 2.57. The molecule has 0 heterocycles. The molecule has 0 radical (unpaired) electrons. The van der Waals surface area contributed by atoms with E-state index in [-0.39, 0.29) is 11.6 Å². The standard InChI is InChI=1S/C18H16Cl2FNO3/c1-10-3-4-13(8-16(10)21)18(24)25-9-17(23)22-11(2)12-5-6-14(19)15(20)7-12/h3-8,11H,9H2,1-2H3,(H,22,23)/t11-/m1/s1. The summed E-state index contributed by atoms with van der Waals surface area (Å²) >= 11 is 11.8. The van der Waals surface area contributed by atoms with Crippen molar-refractivity contribution in [1.29, 1.82) is 0 Å². The van der Waals surface area contributed by atoms with Gasteiger partial charge in [0.2, 0.25) is 0 Å². The maximum absolute atomic E-state index is 13.5. The van der Waals surface area contributed by atoms with Crippen molar-refractivity contribution in [2.75, 3.05) is 6.61 Å². The molecule has 1 atom stereocenters. The molecular weight excluding hydrogens is 368 g/mol. The number of nitrogens with one attached hydrogen (secondary N) is 1. The van der Waals surface area contributed by atoms with E-state index in [2.05, 4.69) is 5.32 Å². The van der Waals surface area contributed by atoms with E-state index in [4.69, 9.17) is 27.9 Å². The number of esters is 1. The Hall–Kier alpha value is -2.11. The van der Waals surface area contributed by atoms with Crippen LogP contribution in [0.1, 0.15) is 34.5 Å². The molecule has 0 aliphatic carbocycles. The molecule has 132 valence electrons. The second-order valence-corrected chi connectivity index (χ2v) is 6.32. The minimum absolute atomic E-state index is 0.0495. The number of carbonyl (C=O) groups excluding carboxylic acids is 2. The molecule has 4 nitrogen and oxygen atoms in total. The van der Waals surface area contributed by atoms with Crippen molar-refractivity contribution >= 4 is 35.1 Å². The molecule has 0 aliphatic heterocycles. The summed E-state index contributed by atoms with van der Waals surface area (Å²) in [6, 6.07) is 8.66. The van der Waals surface area contributed by atoms with Gasteiger partial charge < -0.3 is 10.1 Å². The van der Waals surface area contributed by atoms with Crippen molar-refractivity contribution in [1.82, 2.24) is 5.32 Å². The Morgan fingerprint density at radius 1 is 1.16 bits per heavy atom. The maximum Gasteiger partial charge on any atom is 0.338 e. The molecule has 0 saturated carbocycles. The summed E-state index contributed by atoms with van der Waals surface area (Å²) in [5.41, 5.74) is 1.23. The lowest BCUT2D eigenvalue weighted by atomic mass is 10.1. The number of hydrogen-bond acceptors (Lipinski definition) is 3. The molecule has 0 saturated heterocycles. The van der Waals surface area contributed by atoms with Gasteiger partial charge in [-0.2, -0.15) is 0 Å². The lowest BCUT2D eigenvalue weighted by Gasteiger charge is -2.15. The van der Waals surface area contributed by atoms with Crippen molar-refractivity contribution in [2.24, 2.45) is 0 Å². The van der Waals surface area contributed by atoms with Crippen LogP contribution in [0.2, 0.25) is 10.0 Å². The summed E-state index contributed by atoms with van der Waals surface area (Å²) in [6.45, 7) is 2.87. The summed E-state index contributed by atoms with van der Waals surface area (Å²) in [7, 11) is 0. The average molecular weight is 384 g/mol. The molecule has 0 bridgehead atoms. The zero-order chi connectivity index (χ0) is 18.6. The highest BCUT2D eigenvalue weighted by Crippen LogP contribution is 2.25. The van der Waals surface area contributed by atoms with Gasteiger partial charge in [-0.25, -0.2) is 9.18 Å². The van der Waals surface area contributed by atoms with Gasteiger partial charge in [0.1, 0.15) is 5.82 Å². The van der Waals surface area contributed by atoms with Crippen LogP contribution in [-0.4, -0.2) is 18.5 Å². The number of halogens is 3. The minimum Gasteiger partial charge on any atom is -0.452 e. The summed E-state index contributed by atoms with van der Waals surface area (Å²) in [5, 5.41) is 3.48. The maximum atomic E-state index is 13.5. The Morgan fingerprint density at radius 3 is 2.52 bits per heavy atom. The predicted octanol–water partition coefficient (Wildman–Crippen LogP) is 4.48. The largest absolute Gasteiger partial charge is 0.452 e. The van der Waals surface area contributed by atoms with E-state index in [1.165, 1.54) is 12.1 Å². The first-order valence-electron chi connectivity index (χ1n) is 7.45. The number of aryl methyl sites for hydroxylation is 1. The molecule has 7 heteroatoms. The number of hydrogen-bond donors (Lipinski definition) is 1. The quantitative estimate of drug-likeness (QED) is 0.774. The van der Waals surface area contributed by atoms with Crippen LogP contribution >= 0.6 is 23.2 Å². The third-order valence-corrected chi connectivity index (χ3v) is 4.30. The number of benzene rings is 2. The third-order valence-electron chi connectivity index (χ3n) is 3.56. The van der Waals surface area contributed by atoms with Crippen LogP contribution in [0.15, 0.2) is 36.4 Å². The van der Waals surface area contributed by atoms with Crippen LogP contribution < -0.4 is 5.32 Å². The van der Waals surface area contributed by atoms with Crippen molar-refractivity contribution in [2.45, 2.75) is 19.9 Å². The first kappa shape index (κ1) is 19.2. The van der Waals surface area contributed by atoms with Crippen LogP contribution in [0.4, 0.5) is 4.39 Å². The molecule has 0 spiro atoms. The first-order valence-corrected chi connectivity index (χ1v) is 8.21. The minimum atomic E-state index is -0.767. The Balaban J connectivity index is 1.90. The Kier molecular flexibility index (Phi) is 6.39. The number of carbonyl (C=O) groups is 2. The van der Waals surface area contributed by atoms with Gasteiger partial charge in [0.05, 0.1) is 21.7 Å². The highest BCUT2D eigenvalue weighted by molar-refractivity contribution is 6.42. The highest BCUT2D eigenvalue weighted by atomic mass is 35.5. The molecule has 25 heavy (non-hydrogen) atoms. The van der Waals surface area contributed by atoms with E-state index in [1.807, 2.05) is 0 Å². The van der Waals surface area contributed by atoms with Gasteiger partial charge in [-0.05, 0) is 49.2 Å². The van der Waals surface area contributed by atoms with E-state index < -0.39 is 24.3 Å². The van der Waals surface area contributed by atoms with Crippen LogP contribution in [-0.2, 0) is 9.53 Å². The van der Waals surface area contributed by atoms with Gasteiger partial charge in [0.25, 0.3) is 5.91 Å².